The third-order valence-electron chi connectivity index (χ3n) is 2.07. The molecule has 0 atom stereocenters. The first-order chi connectivity index (χ1) is 7.13. The molecular formula is C10H8BrN3O. The Labute approximate surface area is 95.2 Å². The van der Waals surface area contributed by atoms with Crippen LogP contribution >= 0.6 is 15.9 Å². The normalized spacial score (nSPS) is 10.3. The molecule has 0 saturated heterocycles. The highest BCUT2D eigenvalue weighted by atomic mass is 79.9. The van der Waals surface area contributed by atoms with E-state index in [0.717, 1.165) is 11.5 Å². The lowest BCUT2D eigenvalue weighted by Gasteiger charge is -1.97. The van der Waals surface area contributed by atoms with E-state index in [1.165, 1.54) is 0 Å². The van der Waals surface area contributed by atoms with Gasteiger partial charge in [0.25, 0.3) is 0 Å². The molecule has 0 bridgehead atoms. The zero-order valence-electron chi connectivity index (χ0n) is 8.28. The molecule has 15 heavy (non-hydrogen) atoms. The fraction of sp³-hybridized carbons (Fsp3) is 0.200. The van der Waals surface area contributed by atoms with Crippen LogP contribution in [0.15, 0.2) is 21.0 Å². The van der Waals surface area contributed by atoms with Crippen molar-refractivity contribution < 1.29 is 4.42 Å². The number of aryl methyl sites for hydroxylation is 2. The third-order valence-corrected chi connectivity index (χ3v) is 2.82. The number of aromatic nitrogens is 2. The molecule has 0 saturated carbocycles. The minimum absolute atomic E-state index is 0.363. The lowest BCUT2D eigenvalue weighted by atomic mass is 10.3. The molecule has 0 amide bonds. The van der Waals surface area contributed by atoms with Crippen LogP contribution in [-0.2, 0) is 7.05 Å². The largest absolute Gasteiger partial charge is 0.460 e. The molecular weight excluding hydrogens is 258 g/mol. The smallest absolute Gasteiger partial charge is 0.177 e. The van der Waals surface area contributed by atoms with E-state index in [0.29, 0.717) is 15.9 Å². The fourth-order valence-electron chi connectivity index (χ4n) is 1.40. The monoisotopic (exact) mass is 265 g/mol. The first kappa shape index (κ1) is 9.99. The summed E-state index contributed by atoms with van der Waals surface area (Å²) in [5.74, 6) is 1.53. The first-order valence-corrected chi connectivity index (χ1v) is 5.12. The molecule has 0 aliphatic carbocycles. The van der Waals surface area contributed by atoms with E-state index in [1.807, 2.05) is 25.1 Å². The summed E-state index contributed by atoms with van der Waals surface area (Å²) < 4.78 is 7.78. The minimum atomic E-state index is 0.363. The van der Waals surface area contributed by atoms with Crippen LogP contribution in [0.5, 0.6) is 0 Å². The molecule has 5 heteroatoms. The lowest BCUT2D eigenvalue weighted by molar-refractivity contribution is 0.541. The van der Waals surface area contributed by atoms with Crippen LogP contribution in [0.25, 0.3) is 11.5 Å². The number of halogens is 1. The predicted molar refractivity (Wildman–Crippen MR) is 58.1 cm³/mol. The molecule has 2 heterocycles. The van der Waals surface area contributed by atoms with Gasteiger partial charge in [-0.3, -0.25) is 4.68 Å². The average Bonchev–Trinajstić information content (AvgIpc) is 2.71. The second-order valence-corrected chi connectivity index (χ2v) is 3.95. The van der Waals surface area contributed by atoms with E-state index in [-0.39, 0.29) is 0 Å². The average molecular weight is 266 g/mol. The molecule has 2 rings (SSSR count). The van der Waals surface area contributed by atoms with Gasteiger partial charge in [-0.25, -0.2) is 0 Å². The molecule has 0 spiro atoms. The van der Waals surface area contributed by atoms with Gasteiger partial charge in [-0.2, -0.15) is 10.4 Å². The second-order valence-electron chi connectivity index (χ2n) is 3.16. The van der Waals surface area contributed by atoms with Gasteiger partial charge >= 0.3 is 0 Å². The van der Waals surface area contributed by atoms with E-state index in [4.69, 9.17) is 9.68 Å². The van der Waals surface area contributed by atoms with Crippen LogP contribution in [0, 0.1) is 18.3 Å². The van der Waals surface area contributed by atoms with E-state index in [1.54, 1.807) is 11.7 Å². The highest BCUT2D eigenvalue weighted by molar-refractivity contribution is 9.10. The number of nitriles is 1. The Hall–Kier alpha value is -1.54. The van der Waals surface area contributed by atoms with Crippen LogP contribution in [0.2, 0.25) is 0 Å². The molecule has 76 valence electrons. The second kappa shape index (κ2) is 3.55. The van der Waals surface area contributed by atoms with Gasteiger partial charge in [-0.05, 0) is 35.0 Å². The maximum atomic E-state index is 8.82. The maximum absolute atomic E-state index is 8.82. The fourth-order valence-corrected chi connectivity index (χ4v) is 2.02. The number of hydrogen-bond acceptors (Lipinski definition) is 3. The summed E-state index contributed by atoms with van der Waals surface area (Å²) in [6, 6.07) is 5.75. The maximum Gasteiger partial charge on any atom is 0.177 e. The van der Waals surface area contributed by atoms with E-state index < -0.39 is 0 Å². The van der Waals surface area contributed by atoms with Gasteiger partial charge in [0.1, 0.15) is 17.5 Å². The highest BCUT2D eigenvalue weighted by Crippen LogP contribution is 2.31. The first-order valence-electron chi connectivity index (χ1n) is 4.33. The number of rotatable bonds is 1. The van der Waals surface area contributed by atoms with Crippen molar-refractivity contribution in [2.24, 2.45) is 7.05 Å². The Kier molecular flexibility index (Phi) is 2.37. The van der Waals surface area contributed by atoms with Crippen molar-refractivity contribution in [1.82, 2.24) is 9.78 Å². The number of hydrogen-bond donors (Lipinski definition) is 0. The van der Waals surface area contributed by atoms with Crippen molar-refractivity contribution in [3.05, 3.63) is 28.1 Å². The van der Waals surface area contributed by atoms with E-state index >= 15 is 0 Å². The van der Waals surface area contributed by atoms with Crippen LogP contribution in [0.3, 0.4) is 0 Å². The van der Waals surface area contributed by atoms with Crippen LogP contribution in [-0.4, -0.2) is 9.78 Å². The summed E-state index contributed by atoms with van der Waals surface area (Å²) in [5, 5.41) is 12.9. The number of furan rings is 1. The summed E-state index contributed by atoms with van der Waals surface area (Å²) in [5.41, 5.74) is 1.14. The highest BCUT2D eigenvalue weighted by Gasteiger charge is 2.17. The van der Waals surface area contributed by atoms with Gasteiger partial charge in [-0.15, -0.1) is 0 Å². The molecule has 0 aliphatic heterocycles. The zero-order valence-corrected chi connectivity index (χ0v) is 9.87. The topological polar surface area (TPSA) is 54.8 Å². The quantitative estimate of drug-likeness (QED) is 0.797. The zero-order chi connectivity index (χ0) is 11.0. The van der Waals surface area contributed by atoms with Crippen molar-refractivity contribution in [2.75, 3.05) is 0 Å². The van der Waals surface area contributed by atoms with Gasteiger partial charge < -0.3 is 4.42 Å². The summed E-state index contributed by atoms with van der Waals surface area (Å²) in [7, 11) is 1.78. The molecule has 0 aromatic carbocycles. The van der Waals surface area contributed by atoms with Gasteiger partial charge in [0, 0.05) is 7.05 Å². The summed E-state index contributed by atoms with van der Waals surface area (Å²) in [6.07, 6.45) is 0. The molecule has 2 aromatic heterocycles. The Balaban J connectivity index is 2.63. The summed E-state index contributed by atoms with van der Waals surface area (Å²) in [4.78, 5) is 0. The Bertz CT molecular complexity index is 548. The SMILES string of the molecule is Cc1ccc(-c2c(Br)c(C#N)nn2C)o1. The Morgan fingerprint density at radius 1 is 1.53 bits per heavy atom. The van der Waals surface area contributed by atoms with Crippen molar-refractivity contribution >= 4 is 15.9 Å². The van der Waals surface area contributed by atoms with Gasteiger partial charge in [0.2, 0.25) is 0 Å². The molecule has 0 radical (unpaired) electrons. The van der Waals surface area contributed by atoms with E-state index in [2.05, 4.69) is 21.0 Å². The lowest BCUT2D eigenvalue weighted by Crippen LogP contribution is -1.92. The van der Waals surface area contributed by atoms with E-state index in [9.17, 15) is 0 Å². The minimum Gasteiger partial charge on any atom is -0.460 e. The third kappa shape index (κ3) is 1.57. The predicted octanol–water partition coefficient (Wildman–Crippen LogP) is 2.62. The Morgan fingerprint density at radius 2 is 2.27 bits per heavy atom. The van der Waals surface area contributed by atoms with Crippen molar-refractivity contribution in [2.45, 2.75) is 6.92 Å². The van der Waals surface area contributed by atoms with Gasteiger partial charge in [0.05, 0.1) is 4.47 Å². The summed E-state index contributed by atoms with van der Waals surface area (Å²) >= 11 is 3.34. The molecule has 0 unspecified atom stereocenters. The van der Waals surface area contributed by atoms with Crippen molar-refractivity contribution in [3.63, 3.8) is 0 Å². The number of nitrogens with zero attached hydrogens (tertiary/aromatic N) is 3. The standard InChI is InChI=1S/C10H8BrN3O/c1-6-3-4-8(15-6)10-9(11)7(5-12)13-14(10)2/h3-4H,1-2H3. The molecule has 0 N–H and O–H groups in total. The molecule has 2 aromatic rings. The van der Waals surface area contributed by atoms with Crippen LogP contribution in [0.4, 0.5) is 0 Å². The molecule has 4 nitrogen and oxygen atoms in total. The molecule has 0 fully saturated rings. The van der Waals surface area contributed by atoms with Crippen LogP contribution < -0.4 is 0 Å². The summed E-state index contributed by atoms with van der Waals surface area (Å²) in [6.45, 7) is 1.87. The van der Waals surface area contributed by atoms with Gasteiger partial charge in [-0.1, -0.05) is 0 Å². The van der Waals surface area contributed by atoms with Crippen molar-refractivity contribution in [3.8, 4) is 17.5 Å². The Morgan fingerprint density at radius 3 is 2.73 bits per heavy atom. The van der Waals surface area contributed by atoms with Crippen LogP contribution in [0.1, 0.15) is 11.5 Å². The van der Waals surface area contributed by atoms with Crippen molar-refractivity contribution in [1.29, 1.82) is 5.26 Å². The molecule has 0 aliphatic rings. The van der Waals surface area contributed by atoms with Gasteiger partial charge in [0.15, 0.2) is 11.5 Å².